The summed E-state index contributed by atoms with van der Waals surface area (Å²) in [6.45, 7) is 5.27. The topological polar surface area (TPSA) is 75.4 Å². The van der Waals surface area contributed by atoms with E-state index in [0.29, 0.717) is 22.2 Å². The van der Waals surface area contributed by atoms with Crippen LogP contribution in [0.3, 0.4) is 0 Å². The molecular formula is C16H16ClN3O3. The van der Waals surface area contributed by atoms with Crippen LogP contribution in [0.4, 0.5) is 4.79 Å². The van der Waals surface area contributed by atoms with Gasteiger partial charge in [-0.15, -0.1) is 0 Å². The van der Waals surface area contributed by atoms with Gasteiger partial charge >= 0.3 is 6.03 Å². The lowest BCUT2D eigenvalue weighted by atomic mass is 9.92. The van der Waals surface area contributed by atoms with Crippen LogP contribution in [0.15, 0.2) is 28.7 Å². The molecule has 0 radical (unpaired) electrons. The number of amides is 3. The molecule has 1 atom stereocenters. The van der Waals surface area contributed by atoms with E-state index in [-0.39, 0.29) is 12.5 Å². The number of imide groups is 1. The molecule has 1 N–H and O–H groups in total. The Morgan fingerprint density at radius 1 is 1.26 bits per heavy atom. The van der Waals surface area contributed by atoms with Crippen molar-refractivity contribution in [3.63, 3.8) is 0 Å². The SMILES string of the molecule is Cc1nc(CN2C(=O)NC(C)(c3ccc(Cl)cc3)C2=O)oc1C. The zero-order chi connectivity index (χ0) is 16.8. The van der Waals surface area contributed by atoms with Crippen LogP contribution in [0, 0.1) is 13.8 Å². The average molecular weight is 334 g/mol. The Balaban J connectivity index is 1.88. The van der Waals surface area contributed by atoms with Crippen molar-refractivity contribution in [1.82, 2.24) is 15.2 Å². The molecular weight excluding hydrogens is 318 g/mol. The largest absolute Gasteiger partial charge is 0.444 e. The van der Waals surface area contributed by atoms with E-state index in [1.54, 1.807) is 38.1 Å². The van der Waals surface area contributed by atoms with E-state index in [0.717, 1.165) is 10.6 Å². The molecule has 0 aliphatic carbocycles. The molecule has 2 heterocycles. The Kier molecular flexibility index (Phi) is 3.64. The maximum absolute atomic E-state index is 12.8. The second kappa shape index (κ2) is 5.38. The van der Waals surface area contributed by atoms with E-state index in [1.807, 2.05) is 6.92 Å². The third-order valence-corrected chi connectivity index (χ3v) is 4.31. The highest BCUT2D eigenvalue weighted by Gasteiger charge is 2.49. The van der Waals surface area contributed by atoms with Crippen LogP contribution in [-0.4, -0.2) is 21.8 Å². The van der Waals surface area contributed by atoms with Crippen molar-refractivity contribution in [3.8, 4) is 0 Å². The molecule has 0 bridgehead atoms. The van der Waals surface area contributed by atoms with Gasteiger partial charge in [-0.25, -0.2) is 9.78 Å². The summed E-state index contributed by atoms with van der Waals surface area (Å²) in [5.41, 5.74) is 0.285. The standard InChI is InChI=1S/C16H16ClN3O3/c1-9-10(2)23-13(18-9)8-20-14(21)16(3,19-15(20)22)11-4-6-12(17)7-5-11/h4-7H,8H2,1-3H3,(H,19,22). The normalized spacial score (nSPS) is 21.0. The van der Waals surface area contributed by atoms with Crippen LogP contribution in [0.1, 0.15) is 29.8 Å². The number of oxazole rings is 1. The van der Waals surface area contributed by atoms with Gasteiger partial charge < -0.3 is 9.73 Å². The Morgan fingerprint density at radius 2 is 1.91 bits per heavy atom. The van der Waals surface area contributed by atoms with Crippen molar-refractivity contribution < 1.29 is 14.0 Å². The van der Waals surface area contributed by atoms with Gasteiger partial charge in [-0.3, -0.25) is 9.69 Å². The van der Waals surface area contributed by atoms with Crippen molar-refractivity contribution in [3.05, 3.63) is 52.2 Å². The van der Waals surface area contributed by atoms with Crippen LogP contribution < -0.4 is 5.32 Å². The molecule has 1 aromatic carbocycles. The van der Waals surface area contributed by atoms with Gasteiger partial charge in [0.25, 0.3) is 5.91 Å². The predicted molar refractivity (Wildman–Crippen MR) is 83.9 cm³/mol. The molecule has 0 spiro atoms. The van der Waals surface area contributed by atoms with Gasteiger partial charge in [-0.05, 0) is 38.5 Å². The summed E-state index contributed by atoms with van der Waals surface area (Å²) < 4.78 is 5.46. The fraction of sp³-hybridized carbons (Fsp3) is 0.312. The Morgan fingerprint density at radius 3 is 2.48 bits per heavy atom. The lowest BCUT2D eigenvalue weighted by molar-refractivity contribution is -0.131. The lowest BCUT2D eigenvalue weighted by Gasteiger charge is -2.22. The number of nitrogens with zero attached hydrogens (tertiary/aromatic N) is 2. The number of benzene rings is 1. The van der Waals surface area contributed by atoms with Gasteiger partial charge in [0.05, 0.1) is 5.69 Å². The molecule has 2 aromatic rings. The second-order valence-electron chi connectivity index (χ2n) is 5.70. The molecule has 1 fully saturated rings. The molecule has 1 saturated heterocycles. The molecule has 23 heavy (non-hydrogen) atoms. The second-order valence-corrected chi connectivity index (χ2v) is 6.14. The molecule has 3 rings (SSSR count). The van der Waals surface area contributed by atoms with E-state index >= 15 is 0 Å². The summed E-state index contributed by atoms with van der Waals surface area (Å²) in [6, 6.07) is 6.35. The number of aryl methyl sites for hydroxylation is 2. The van der Waals surface area contributed by atoms with Crippen LogP contribution in [0.25, 0.3) is 0 Å². The van der Waals surface area contributed by atoms with E-state index in [4.69, 9.17) is 16.0 Å². The van der Waals surface area contributed by atoms with E-state index in [9.17, 15) is 9.59 Å². The number of hydrogen-bond acceptors (Lipinski definition) is 4. The maximum atomic E-state index is 12.8. The fourth-order valence-electron chi connectivity index (χ4n) is 2.56. The number of carbonyl (C=O) groups is 2. The summed E-state index contributed by atoms with van der Waals surface area (Å²) in [5.74, 6) is 0.662. The molecule has 1 unspecified atom stereocenters. The number of urea groups is 1. The summed E-state index contributed by atoms with van der Waals surface area (Å²) in [6.07, 6.45) is 0. The highest BCUT2D eigenvalue weighted by atomic mass is 35.5. The molecule has 7 heteroatoms. The minimum absolute atomic E-state index is 0.00251. The van der Waals surface area contributed by atoms with E-state index < -0.39 is 11.6 Å². The number of carbonyl (C=O) groups excluding carboxylic acids is 2. The highest BCUT2D eigenvalue weighted by molar-refractivity contribution is 6.30. The number of halogens is 1. The first-order valence-corrected chi connectivity index (χ1v) is 7.52. The van der Waals surface area contributed by atoms with Crippen molar-refractivity contribution in [1.29, 1.82) is 0 Å². The number of nitrogens with one attached hydrogen (secondary N) is 1. The molecule has 0 saturated carbocycles. The predicted octanol–water partition coefficient (Wildman–Crippen LogP) is 2.91. The first-order chi connectivity index (χ1) is 10.8. The van der Waals surface area contributed by atoms with Crippen LogP contribution in [-0.2, 0) is 16.9 Å². The lowest BCUT2D eigenvalue weighted by Crippen LogP contribution is -2.40. The van der Waals surface area contributed by atoms with E-state index in [2.05, 4.69) is 10.3 Å². The smallest absolute Gasteiger partial charge is 0.325 e. The van der Waals surface area contributed by atoms with Crippen molar-refractivity contribution >= 4 is 23.5 Å². The van der Waals surface area contributed by atoms with Crippen molar-refractivity contribution in [2.45, 2.75) is 32.9 Å². The quantitative estimate of drug-likeness (QED) is 0.876. The van der Waals surface area contributed by atoms with Gasteiger partial charge in [-0.2, -0.15) is 0 Å². The summed E-state index contributed by atoms with van der Waals surface area (Å²) in [5, 5.41) is 3.30. The minimum atomic E-state index is -1.13. The minimum Gasteiger partial charge on any atom is -0.444 e. The summed E-state index contributed by atoms with van der Waals surface area (Å²) >= 11 is 5.88. The zero-order valence-electron chi connectivity index (χ0n) is 13.0. The molecule has 120 valence electrons. The van der Waals surface area contributed by atoms with Crippen LogP contribution in [0.5, 0.6) is 0 Å². The maximum Gasteiger partial charge on any atom is 0.325 e. The van der Waals surface area contributed by atoms with E-state index in [1.165, 1.54) is 0 Å². The summed E-state index contributed by atoms with van der Waals surface area (Å²) in [4.78, 5) is 30.3. The van der Waals surface area contributed by atoms with Gasteiger partial charge in [0.1, 0.15) is 17.8 Å². The third kappa shape index (κ3) is 2.59. The number of rotatable bonds is 3. The Bertz CT molecular complexity index is 765. The van der Waals surface area contributed by atoms with Gasteiger partial charge in [-0.1, -0.05) is 23.7 Å². The number of aromatic nitrogens is 1. The Labute approximate surface area is 138 Å². The Hall–Kier alpha value is -2.34. The summed E-state index contributed by atoms with van der Waals surface area (Å²) in [7, 11) is 0. The molecule has 3 amide bonds. The van der Waals surface area contributed by atoms with Crippen LogP contribution >= 0.6 is 11.6 Å². The molecule has 1 aliphatic heterocycles. The molecule has 6 nitrogen and oxygen atoms in total. The monoisotopic (exact) mass is 333 g/mol. The van der Waals surface area contributed by atoms with Gasteiger partial charge in [0.15, 0.2) is 0 Å². The molecule has 1 aromatic heterocycles. The first kappa shape index (κ1) is 15.6. The number of hydrogen-bond donors (Lipinski definition) is 1. The van der Waals surface area contributed by atoms with Crippen LogP contribution in [0.2, 0.25) is 5.02 Å². The molecule has 1 aliphatic rings. The zero-order valence-corrected chi connectivity index (χ0v) is 13.8. The van der Waals surface area contributed by atoms with Crippen molar-refractivity contribution in [2.75, 3.05) is 0 Å². The first-order valence-electron chi connectivity index (χ1n) is 7.14. The van der Waals surface area contributed by atoms with Gasteiger partial charge in [0, 0.05) is 5.02 Å². The fourth-order valence-corrected chi connectivity index (χ4v) is 2.69. The third-order valence-electron chi connectivity index (χ3n) is 4.06. The average Bonchev–Trinajstić information content (AvgIpc) is 2.92. The van der Waals surface area contributed by atoms with Gasteiger partial charge in [0.2, 0.25) is 5.89 Å². The highest BCUT2D eigenvalue weighted by Crippen LogP contribution is 2.30. The van der Waals surface area contributed by atoms with Crippen molar-refractivity contribution in [2.24, 2.45) is 0 Å².